The van der Waals surface area contributed by atoms with Gasteiger partial charge < -0.3 is 5.43 Å². The number of nitrogens with two attached hydrogens (primary N) is 1. The van der Waals surface area contributed by atoms with Crippen LogP contribution in [-0.2, 0) is 6.18 Å². The van der Waals surface area contributed by atoms with Crippen molar-refractivity contribution >= 4 is 5.84 Å². The summed E-state index contributed by atoms with van der Waals surface area (Å²) in [6.07, 6.45) is -2.96. The maximum atomic E-state index is 13.1. The Labute approximate surface area is 101 Å². The Bertz CT molecular complexity index is 478. The molecule has 1 aromatic carbocycles. The summed E-state index contributed by atoms with van der Waals surface area (Å²) in [7, 11) is 0. The molecule has 0 amide bonds. The minimum absolute atomic E-state index is 0.0930. The molecule has 1 fully saturated rings. The lowest BCUT2D eigenvalue weighted by molar-refractivity contribution is -0.140. The number of aliphatic imine (C=N–C) groups is 1. The van der Waals surface area contributed by atoms with Crippen molar-refractivity contribution in [1.29, 1.82) is 0 Å². The van der Waals surface area contributed by atoms with Crippen LogP contribution in [0.2, 0.25) is 0 Å². The fraction of sp³-hybridized carbons (Fsp3) is 0.364. The highest BCUT2D eigenvalue weighted by Crippen LogP contribution is 2.32. The molecule has 3 nitrogen and oxygen atoms in total. The lowest BCUT2D eigenvalue weighted by atomic mass is 10.1. The van der Waals surface area contributed by atoms with Crippen LogP contribution in [0.4, 0.5) is 17.6 Å². The number of hydrazine groups is 1. The van der Waals surface area contributed by atoms with Gasteiger partial charge in [0.15, 0.2) is 0 Å². The van der Waals surface area contributed by atoms with E-state index in [0.717, 1.165) is 18.9 Å². The van der Waals surface area contributed by atoms with Crippen LogP contribution in [0, 0.1) is 5.82 Å². The van der Waals surface area contributed by atoms with Crippen LogP contribution in [0.25, 0.3) is 0 Å². The summed E-state index contributed by atoms with van der Waals surface area (Å²) >= 11 is 0. The summed E-state index contributed by atoms with van der Waals surface area (Å²) in [4.78, 5) is 4.12. The quantitative estimate of drug-likeness (QED) is 0.282. The third-order valence-corrected chi connectivity index (χ3v) is 2.54. The third kappa shape index (κ3) is 2.79. The summed E-state index contributed by atoms with van der Waals surface area (Å²) in [6, 6.07) is 2.77. The summed E-state index contributed by atoms with van der Waals surface area (Å²) in [5, 5.41) is 0. The van der Waals surface area contributed by atoms with E-state index in [0.29, 0.717) is 6.07 Å². The number of nitrogens with zero attached hydrogens (tertiary/aromatic N) is 1. The van der Waals surface area contributed by atoms with Crippen LogP contribution in [0.5, 0.6) is 0 Å². The molecule has 1 aliphatic carbocycles. The first-order valence-corrected chi connectivity index (χ1v) is 5.33. The summed E-state index contributed by atoms with van der Waals surface area (Å²) in [5.41, 5.74) is 1.05. The summed E-state index contributed by atoms with van der Waals surface area (Å²) < 4.78 is 50.7. The van der Waals surface area contributed by atoms with Crippen molar-refractivity contribution < 1.29 is 17.6 Å². The Morgan fingerprint density at radius 2 is 2.00 bits per heavy atom. The van der Waals surface area contributed by atoms with E-state index in [2.05, 4.69) is 10.4 Å². The zero-order valence-electron chi connectivity index (χ0n) is 9.26. The van der Waals surface area contributed by atoms with Crippen LogP contribution in [-0.4, -0.2) is 11.9 Å². The number of alkyl halides is 3. The third-order valence-electron chi connectivity index (χ3n) is 2.54. The number of hydrogen-bond acceptors (Lipinski definition) is 2. The van der Waals surface area contributed by atoms with Crippen molar-refractivity contribution in [3.8, 4) is 0 Å². The maximum Gasteiger partial charge on any atom is 0.419 e. The minimum Gasteiger partial charge on any atom is -0.308 e. The van der Waals surface area contributed by atoms with E-state index >= 15 is 0 Å². The summed E-state index contributed by atoms with van der Waals surface area (Å²) in [5.74, 6) is 4.05. The van der Waals surface area contributed by atoms with Gasteiger partial charge in [0.2, 0.25) is 0 Å². The Hall–Kier alpha value is -1.63. The zero-order valence-corrected chi connectivity index (χ0v) is 9.26. The second-order valence-electron chi connectivity index (χ2n) is 4.05. The molecule has 0 heterocycles. The van der Waals surface area contributed by atoms with Gasteiger partial charge in [0.25, 0.3) is 0 Å². The molecule has 3 N–H and O–H groups in total. The highest BCUT2D eigenvalue weighted by atomic mass is 19.4. The van der Waals surface area contributed by atoms with Gasteiger partial charge in [-0.1, -0.05) is 0 Å². The van der Waals surface area contributed by atoms with Crippen molar-refractivity contribution in [2.45, 2.75) is 25.1 Å². The van der Waals surface area contributed by atoms with Crippen molar-refractivity contribution in [3.05, 3.63) is 35.1 Å². The van der Waals surface area contributed by atoms with E-state index < -0.39 is 17.6 Å². The van der Waals surface area contributed by atoms with Crippen molar-refractivity contribution in [2.24, 2.45) is 10.8 Å². The van der Waals surface area contributed by atoms with Gasteiger partial charge in [0, 0.05) is 5.56 Å². The Morgan fingerprint density at radius 3 is 2.50 bits per heavy atom. The molecule has 1 aliphatic rings. The van der Waals surface area contributed by atoms with Gasteiger partial charge in [0.05, 0.1) is 11.6 Å². The number of benzene rings is 1. The zero-order chi connectivity index (χ0) is 13.3. The van der Waals surface area contributed by atoms with Crippen LogP contribution in [0.15, 0.2) is 23.2 Å². The highest BCUT2D eigenvalue weighted by molar-refractivity contribution is 5.98. The van der Waals surface area contributed by atoms with E-state index in [-0.39, 0.29) is 17.4 Å². The van der Waals surface area contributed by atoms with Gasteiger partial charge in [0.1, 0.15) is 11.7 Å². The van der Waals surface area contributed by atoms with Crippen molar-refractivity contribution in [3.63, 3.8) is 0 Å². The molecular weight excluding hydrogens is 250 g/mol. The van der Waals surface area contributed by atoms with Crippen molar-refractivity contribution in [2.75, 3.05) is 0 Å². The average Bonchev–Trinajstić information content (AvgIpc) is 3.09. The smallest absolute Gasteiger partial charge is 0.308 e. The average molecular weight is 261 g/mol. The van der Waals surface area contributed by atoms with Crippen LogP contribution >= 0.6 is 0 Å². The highest BCUT2D eigenvalue weighted by Gasteiger charge is 2.34. The van der Waals surface area contributed by atoms with Gasteiger partial charge in [-0.25, -0.2) is 10.2 Å². The standard InChI is InChI=1S/C11H11F4N3/c12-9-4-1-6(5-8(9)11(13,14)15)10(18-16)17-7-2-3-7/h1,4-5,7H,2-3,16H2,(H,17,18). The predicted octanol–water partition coefficient (Wildman–Crippen LogP) is 2.22. The predicted molar refractivity (Wildman–Crippen MR) is 58.3 cm³/mol. The van der Waals surface area contributed by atoms with Crippen LogP contribution < -0.4 is 11.3 Å². The SMILES string of the molecule is NNC(=NC1CC1)c1ccc(F)c(C(F)(F)F)c1. The molecule has 0 saturated heterocycles. The number of amidine groups is 1. The minimum atomic E-state index is -4.74. The second-order valence-corrected chi connectivity index (χ2v) is 4.05. The Morgan fingerprint density at radius 1 is 1.33 bits per heavy atom. The molecule has 18 heavy (non-hydrogen) atoms. The van der Waals surface area contributed by atoms with E-state index in [4.69, 9.17) is 5.84 Å². The van der Waals surface area contributed by atoms with E-state index in [1.165, 1.54) is 6.07 Å². The van der Waals surface area contributed by atoms with Gasteiger partial charge in [-0.2, -0.15) is 13.2 Å². The number of hydrogen-bond donors (Lipinski definition) is 2. The lowest BCUT2D eigenvalue weighted by Gasteiger charge is -2.11. The first-order valence-electron chi connectivity index (χ1n) is 5.33. The molecule has 2 rings (SSSR count). The summed E-state index contributed by atoms with van der Waals surface area (Å²) in [6.45, 7) is 0. The first kappa shape index (κ1) is 12.8. The molecular formula is C11H11F4N3. The molecule has 0 atom stereocenters. The molecule has 0 spiro atoms. The monoisotopic (exact) mass is 261 g/mol. The fourth-order valence-corrected chi connectivity index (χ4v) is 1.47. The number of rotatable bonds is 2. The maximum absolute atomic E-state index is 13.1. The molecule has 0 aromatic heterocycles. The largest absolute Gasteiger partial charge is 0.419 e. The Kier molecular flexibility index (Phi) is 3.25. The molecule has 0 aliphatic heterocycles. The van der Waals surface area contributed by atoms with Gasteiger partial charge in [-0.15, -0.1) is 0 Å². The lowest BCUT2D eigenvalue weighted by Crippen LogP contribution is -2.31. The molecule has 98 valence electrons. The van der Waals surface area contributed by atoms with Crippen LogP contribution in [0.3, 0.4) is 0 Å². The van der Waals surface area contributed by atoms with Gasteiger partial charge >= 0.3 is 6.18 Å². The first-order chi connectivity index (χ1) is 8.41. The Balaban J connectivity index is 2.39. The molecule has 0 radical (unpaired) electrons. The molecule has 1 aromatic rings. The second kappa shape index (κ2) is 4.56. The molecule has 0 unspecified atom stereocenters. The molecule has 1 saturated carbocycles. The van der Waals surface area contributed by atoms with Gasteiger partial charge in [-0.05, 0) is 31.0 Å². The van der Waals surface area contributed by atoms with Crippen LogP contribution in [0.1, 0.15) is 24.0 Å². The number of halogens is 4. The van der Waals surface area contributed by atoms with Crippen molar-refractivity contribution in [1.82, 2.24) is 5.43 Å². The van der Waals surface area contributed by atoms with E-state index in [1.54, 1.807) is 0 Å². The molecule has 0 bridgehead atoms. The van der Waals surface area contributed by atoms with E-state index in [1.807, 2.05) is 0 Å². The number of nitrogens with one attached hydrogen (secondary N) is 1. The fourth-order valence-electron chi connectivity index (χ4n) is 1.47. The van der Waals surface area contributed by atoms with E-state index in [9.17, 15) is 17.6 Å². The molecule has 7 heteroatoms. The topological polar surface area (TPSA) is 50.4 Å². The normalized spacial score (nSPS) is 16.8. The van der Waals surface area contributed by atoms with Gasteiger partial charge in [-0.3, -0.25) is 4.99 Å².